The predicted molar refractivity (Wildman–Crippen MR) is 86.9 cm³/mol. The molecule has 0 radical (unpaired) electrons. The molecule has 0 spiro atoms. The summed E-state index contributed by atoms with van der Waals surface area (Å²) in [5, 5.41) is 10.6. The summed E-state index contributed by atoms with van der Waals surface area (Å²) >= 11 is 2.02. The Morgan fingerprint density at radius 3 is 2.73 bits per heavy atom. The maximum absolute atomic E-state index is 12.3. The van der Waals surface area contributed by atoms with E-state index < -0.39 is 23.1 Å². The summed E-state index contributed by atoms with van der Waals surface area (Å²) in [5.41, 5.74) is -0.691. The second kappa shape index (κ2) is 6.42. The lowest BCUT2D eigenvalue weighted by Crippen LogP contribution is -2.25. The molecule has 0 aliphatic carbocycles. The second-order valence-corrected chi connectivity index (χ2v) is 5.86. The number of aryl methyl sites for hydroxylation is 1. The zero-order valence-electron chi connectivity index (χ0n) is 11.9. The Kier molecular flexibility index (Phi) is 4.79. The molecular weight excluding hydrogens is 403 g/mol. The summed E-state index contributed by atoms with van der Waals surface area (Å²) in [7, 11) is 2.69. The lowest BCUT2D eigenvalue weighted by Gasteiger charge is -2.10. The van der Waals surface area contributed by atoms with Crippen molar-refractivity contribution in [2.45, 2.75) is 12.8 Å². The Balaban J connectivity index is 2.56. The molecule has 0 amide bonds. The molecule has 8 heteroatoms. The number of methoxy groups -OCH3 is 1. The maximum atomic E-state index is 12.3. The first-order chi connectivity index (χ1) is 10.4. The van der Waals surface area contributed by atoms with Crippen molar-refractivity contribution in [2.75, 3.05) is 7.11 Å². The molecule has 2 aromatic heterocycles. The van der Waals surface area contributed by atoms with E-state index in [1.54, 1.807) is 12.3 Å². The summed E-state index contributed by atoms with van der Waals surface area (Å²) in [6.07, 6.45) is 1.19. The number of nitrogens with zero attached hydrogens (tertiary/aromatic N) is 2. The van der Waals surface area contributed by atoms with E-state index in [4.69, 9.17) is 0 Å². The van der Waals surface area contributed by atoms with Gasteiger partial charge in [0.15, 0.2) is 5.78 Å². The maximum Gasteiger partial charge on any atom is 0.305 e. The van der Waals surface area contributed by atoms with Crippen LogP contribution in [0.5, 0.6) is 5.75 Å². The minimum absolute atomic E-state index is 0.152. The number of halogens is 1. The highest BCUT2D eigenvalue weighted by atomic mass is 127. The molecule has 22 heavy (non-hydrogen) atoms. The number of fused-ring (bicyclic) bond motifs is 1. The highest BCUT2D eigenvalue weighted by Gasteiger charge is 2.22. The zero-order valence-corrected chi connectivity index (χ0v) is 14.1. The molecule has 0 saturated heterocycles. The van der Waals surface area contributed by atoms with Crippen LogP contribution in [0.1, 0.15) is 23.2 Å². The minimum Gasteiger partial charge on any atom is -0.506 e. The molecular formula is C14H13IN2O5. The fourth-order valence-electron chi connectivity index (χ4n) is 2.07. The summed E-state index contributed by atoms with van der Waals surface area (Å²) in [4.78, 5) is 39.7. The number of carbonyl (C=O) groups is 2. The van der Waals surface area contributed by atoms with Crippen molar-refractivity contribution >= 4 is 45.4 Å². The number of pyridine rings is 2. The van der Waals surface area contributed by atoms with E-state index in [0.29, 0.717) is 5.39 Å². The van der Waals surface area contributed by atoms with Crippen LogP contribution in [0.15, 0.2) is 17.1 Å². The number of aromatic hydroxyl groups is 1. The van der Waals surface area contributed by atoms with Crippen molar-refractivity contribution in [3.05, 3.63) is 31.8 Å². The average molecular weight is 416 g/mol. The molecule has 0 bridgehead atoms. The van der Waals surface area contributed by atoms with Gasteiger partial charge in [-0.1, -0.05) is 0 Å². The van der Waals surface area contributed by atoms with Crippen LogP contribution in [-0.2, 0) is 16.6 Å². The van der Waals surface area contributed by atoms with Crippen molar-refractivity contribution in [2.24, 2.45) is 7.05 Å². The van der Waals surface area contributed by atoms with Gasteiger partial charge >= 0.3 is 5.97 Å². The van der Waals surface area contributed by atoms with Crippen LogP contribution in [0.4, 0.5) is 0 Å². The molecule has 0 fully saturated rings. The van der Waals surface area contributed by atoms with Crippen LogP contribution in [0, 0.1) is 3.57 Å². The molecule has 0 unspecified atom stereocenters. The number of aromatic nitrogens is 2. The van der Waals surface area contributed by atoms with E-state index in [2.05, 4.69) is 9.72 Å². The molecule has 0 atom stereocenters. The van der Waals surface area contributed by atoms with Gasteiger partial charge in [-0.25, -0.2) is 4.98 Å². The monoisotopic (exact) mass is 416 g/mol. The van der Waals surface area contributed by atoms with E-state index in [1.165, 1.54) is 18.7 Å². The number of hydrogen-bond donors (Lipinski definition) is 1. The number of esters is 1. The minimum atomic E-state index is -0.645. The lowest BCUT2D eigenvalue weighted by molar-refractivity contribution is -0.140. The quantitative estimate of drug-likeness (QED) is 0.460. The molecule has 2 rings (SSSR count). The molecule has 0 aliphatic heterocycles. The molecule has 7 nitrogen and oxygen atoms in total. The predicted octanol–water partition coefficient (Wildman–Crippen LogP) is 1.38. The van der Waals surface area contributed by atoms with E-state index in [-0.39, 0.29) is 24.1 Å². The SMILES string of the molecule is COC(=O)CCC(=O)c1c(O)c2cc(I)cnc2n(C)c1=O. The molecule has 2 aromatic rings. The van der Waals surface area contributed by atoms with Crippen LogP contribution >= 0.6 is 22.6 Å². The van der Waals surface area contributed by atoms with Gasteiger partial charge in [0, 0.05) is 23.2 Å². The molecule has 0 aromatic carbocycles. The van der Waals surface area contributed by atoms with Gasteiger partial charge in [0.2, 0.25) is 0 Å². The van der Waals surface area contributed by atoms with Crippen molar-refractivity contribution in [3.63, 3.8) is 0 Å². The Labute approximate surface area is 139 Å². The van der Waals surface area contributed by atoms with Gasteiger partial charge in [0.25, 0.3) is 5.56 Å². The van der Waals surface area contributed by atoms with E-state index in [0.717, 1.165) is 3.57 Å². The smallest absolute Gasteiger partial charge is 0.305 e. The lowest BCUT2D eigenvalue weighted by atomic mass is 10.1. The molecule has 0 aliphatic rings. The van der Waals surface area contributed by atoms with Gasteiger partial charge in [0.05, 0.1) is 18.9 Å². The summed E-state index contributed by atoms with van der Waals surface area (Å²) < 4.78 is 6.42. The van der Waals surface area contributed by atoms with Crippen molar-refractivity contribution < 1.29 is 19.4 Å². The second-order valence-electron chi connectivity index (χ2n) is 4.61. The zero-order chi connectivity index (χ0) is 16.4. The number of rotatable bonds is 4. The third-order valence-corrected chi connectivity index (χ3v) is 3.81. The fourth-order valence-corrected chi connectivity index (χ4v) is 2.52. The van der Waals surface area contributed by atoms with Gasteiger partial charge in [-0.3, -0.25) is 19.0 Å². The van der Waals surface area contributed by atoms with Crippen molar-refractivity contribution in [1.82, 2.24) is 9.55 Å². The molecule has 2 heterocycles. The van der Waals surface area contributed by atoms with Crippen LogP contribution < -0.4 is 5.56 Å². The van der Waals surface area contributed by atoms with Crippen molar-refractivity contribution in [1.29, 1.82) is 0 Å². The average Bonchev–Trinajstić information content (AvgIpc) is 2.50. The molecule has 0 saturated carbocycles. The number of hydrogen-bond acceptors (Lipinski definition) is 6. The number of ketones is 1. The number of Topliss-reactive ketones (excluding diaryl/α,β-unsaturated/α-hetero) is 1. The molecule has 116 valence electrons. The van der Waals surface area contributed by atoms with Crippen LogP contribution in [0.3, 0.4) is 0 Å². The number of carbonyl (C=O) groups excluding carboxylic acids is 2. The van der Waals surface area contributed by atoms with E-state index in [9.17, 15) is 19.5 Å². The highest BCUT2D eigenvalue weighted by Crippen LogP contribution is 2.27. The third-order valence-electron chi connectivity index (χ3n) is 3.22. The highest BCUT2D eigenvalue weighted by molar-refractivity contribution is 14.1. The van der Waals surface area contributed by atoms with E-state index >= 15 is 0 Å². The van der Waals surface area contributed by atoms with Gasteiger partial charge in [-0.15, -0.1) is 0 Å². The number of ether oxygens (including phenoxy) is 1. The first kappa shape index (κ1) is 16.4. The van der Waals surface area contributed by atoms with Crippen LogP contribution in [0.2, 0.25) is 0 Å². The Morgan fingerprint density at radius 1 is 1.41 bits per heavy atom. The van der Waals surface area contributed by atoms with Crippen molar-refractivity contribution in [3.8, 4) is 5.75 Å². The largest absolute Gasteiger partial charge is 0.506 e. The standard InChI is InChI=1S/C14H13IN2O5/c1-17-13-8(5-7(15)6-16-13)12(20)11(14(17)21)9(18)3-4-10(19)22-2/h5-6,20H,3-4H2,1-2H3. The molecule has 1 N–H and O–H groups in total. The van der Waals surface area contributed by atoms with E-state index in [1.807, 2.05) is 22.6 Å². The third kappa shape index (κ3) is 2.96. The normalized spacial score (nSPS) is 10.7. The fraction of sp³-hybridized carbons (Fsp3) is 0.286. The summed E-state index contributed by atoms with van der Waals surface area (Å²) in [6, 6.07) is 1.63. The Hall–Kier alpha value is -1.97. The van der Waals surface area contributed by atoms with Crippen LogP contribution in [0.25, 0.3) is 11.0 Å². The first-order valence-electron chi connectivity index (χ1n) is 6.34. The van der Waals surface area contributed by atoms with Gasteiger partial charge < -0.3 is 9.84 Å². The first-order valence-corrected chi connectivity index (χ1v) is 7.42. The summed E-state index contributed by atoms with van der Waals surface area (Å²) in [5.74, 6) is -1.56. The van der Waals surface area contributed by atoms with Crippen LogP contribution in [-0.4, -0.2) is 33.5 Å². The Morgan fingerprint density at radius 2 is 2.09 bits per heavy atom. The van der Waals surface area contributed by atoms with Gasteiger partial charge in [-0.2, -0.15) is 0 Å². The van der Waals surface area contributed by atoms with Gasteiger partial charge in [0.1, 0.15) is 17.0 Å². The Bertz CT molecular complexity index is 828. The summed E-state index contributed by atoms with van der Waals surface area (Å²) in [6.45, 7) is 0. The topological polar surface area (TPSA) is 98.5 Å². The van der Waals surface area contributed by atoms with Gasteiger partial charge in [-0.05, 0) is 28.7 Å².